The third-order valence-corrected chi connectivity index (χ3v) is 3.66. The summed E-state index contributed by atoms with van der Waals surface area (Å²) in [5.41, 5.74) is 1.22. The highest BCUT2D eigenvalue weighted by molar-refractivity contribution is 5.58. The maximum atomic E-state index is 5.49. The van der Waals surface area contributed by atoms with Crippen molar-refractivity contribution in [2.24, 2.45) is 5.92 Å². The molecule has 0 amide bonds. The summed E-state index contributed by atoms with van der Waals surface area (Å²) >= 11 is 0. The van der Waals surface area contributed by atoms with Gasteiger partial charge in [0.15, 0.2) is 0 Å². The van der Waals surface area contributed by atoms with Gasteiger partial charge in [0.25, 0.3) is 0 Å². The molecule has 0 bridgehead atoms. The zero-order valence-electron chi connectivity index (χ0n) is 12.4. The molecule has 3 heteroatoms. The second-order valence-electron chi connectivity index (χ2n) is 5.75. The minimum absolute atomic E-state index is 0.576. The summed E-state index contributed by atoms with van der Waals surface area (Å²) < 4.78 is 5.49. The van der Waals surface area contributed by atoms with E-state index >= 15 is 0 Å². The van der Waals surface area contributed by atoms with E-state index in [2.05, 4.69) is 36.2 Å². The van der Waals surface area contributed by atoms with E-state index in [1.54, 1.807) is 7.11 Å². The Labute approximate surface area is 116 Å². The zero-order chi connectivity index (χ0) is 13.7. The molecule has 1 aromatic rings. The molecule has 1 aromatic carbocycles. The molecule has 0 radical (unpaired) electrons. The highest BCUT2D eigenvalue weighted by Crippen LogP contribution is 2.28. The van der Waals surface area contributed by atoms with Crippen LogP contribution in [0.4, 0.5) is 5.69 Å². The van der Waals surface area contributed by atoms with Crippen molar-refractivity contribution in [3.63, 3.8) is 0 Å². The fraction of sp³-hybridized carbons (Fsp3) is 0.625. The van der Waals surface area contributed by atoms with Gasteiger partial charge in [-0.05, 0) is 37.4 Å². The monoisotopic (exact) mass is 262 g/mol. The number of hydrogen-bond acceptors (Lipinski definition) is 3. The van der Waals surface area contributed by atoms with Gasteiger partial charge in [0.2, 0.25) is 0 Å². The normalized spacial score (nSPS) is 20.4. The van der Waals surface area contributed by atoms with Crippen LogP contribution in [0.25, 0.3) is 0 Å². The predicted molar refractivity (Wildman–Crippen MR) is 81.1 cm³/mol. The van der Waals surface area contributed by atoms with Gasteiger partial charge in [0.1, 0.15) is 5.75 Å². The minimum Gasteiger partial charge on any atom is -0.495 e. The number of benzene rings is 1. The first-order chi connectivity index (χ1) is 9.20. The van der Waals surface area contributed by atoms with E-state index < -0.39 is 0 Å². The average Bonchev–Trinajstić information content (AvgIpc) is 2.63. The third kappa shape index (κ3) is 3.87. The van der Waals surface area contributed by atoms with E-state index in [1.165, 1.54) is 18.5 Å². The van der Waals surface area contributed by atoms with Gasteiger partial charge < -0.3 is 15.0 Å². The summed E-state index contributed by atoms with van der Waals surface area (Å²) in [6.45, 7) is 7.86. The summed E-state index contributed by atoms with van der Waals surface area (Å²) in [6, 6.07) is 8.91. The molecule has 1 saturated heterocycles. The molecule has 2 rings (SSSR count). The topological polar surface area (TPSA) is 24.5 Å². The van der Waals surface area contributed by atoms with Gasteiger partial charge in [0.05, 0.1) is 12.8 Å². The lowest BCUT2D eigenvalue weighted by Gasteiger charge is -2.28. The van der Waals surface area contributed by atoms with E-state index in [1.807, 2.05) is 12.1 Å². The first kappa shape index (κ1) is 14.2. The van der Waals surface area contributed by atoms with Crippen LogP contribution in [0.15, 0.2) is 24.3 Å². The van der Waals surface area contributed by atoms with E-state index in [4.69, 9.17) is 4.74 Å². The Balaban J connectivity index is 2.13. The maximum Gasteiger partial charge on any atom is 0.142 e. The van der Waals surface area contributed by atoms with Gasteiger partial charge in [0, 0.05) is 19.1 Å². The summed E-state index contributed by atoms with van der Waals surface area (Å²) in [7, 11) is 1.75. The molecular formula is C16H26N2O. The van der Waals surface area contributed by atoms with Crippen LogP contribution >= 0.6 is 0 Å². The molecule has 1 aliphatic rings. The van der Waals surface area contributed by atoms with Crippen LogP contribution < -0.4 is 15.0 Å². The van der Waals surface area contributed by atoms with Crippen molar-refractivity contribution in [1.29, 1.82) is 0 Å². The number of rotatable bonds is 4. The lowest BCUT2D eigenvalue weighted by molar-refractivity contribution is 0.411. The Morgan fingerprint density at radius 1 is 1.37 bits per heavy atom. The number of anilines is 1. The average molecular weight is 262 g/mol. The van der Waals surface area contributed by atoms with Crippen LogP contribution in [0.3, 0.4) is 0 Å². The Morgan fingerprint density at radius 3 is 2.89 bits per heavy atom. The van der Waals surface area contributed by atoms with Crippen molar-refractivity contribution in [2.45, 2.75) is 32.7 Å². The second-order valence-corrected chi connectivity index (χ2v) is 5.75. The molecule has 1 aliphatic heterocycles. The molecule has 0 aromatic heterocycles. The quantitative estimate of drug-likeness (QED) is 0.903. The Morgan fingerprint density at radius 2 is 2.16 bits per heavy atom. The van der Waals surface area contributed by atoms with Crippen molar-refractivity contribution in [3.05, 3.63) is 24.3 Å². The van der Waals surface area contributed by atoms with Crippen LogP contribution in [0.2, 0.25) is 0 Å². The van der Waals surface area contributed by atoms with Crippen molar-refractivity contribution in [2.75, 3.05) is 31.6 Å². The predicted octanol–water partition coefficient (Wildman–Crippen LogP) is 2.91. The smallest absolute Gasteiger partial charge is 0.142 e. The molecule has 0 spiro atoms. The first-order valence-electron chi connectivity index (χ1n) is 7.32. The molecule has 1 fully saturated rings. The fourth-order valence-electron chi connectivity index (χ4n) is 2.83. The van der Waals surface area contributed by atoms with Crippen molar-refractivity contribution in [1.82, 2.24) is 5.32 Å². The lowest BCUT2D eigenvalue weighted by Crippen LogP contribution is -2.38. The van der Waals surface area contributed by atoms with Crippen molar-refractivity contribution < 1.29 is 4.74 Å². The lowest BCUT2D eigenvalue weighted by atomic mass is 10.0. The Hall–Kier alpha value is -1.22. The van der Waals surface area contributed by atoms with Crippen molar-refractivity contribution >= 4 is 5.69 Å². The summed E-state index contributed by atoms with van der Waals surface area (Å²) in [5, 5.41) is 3.67. The molecule has 3 nitrogen and oxygen atoms in total. The molecule has 1 heterocycles. The van der Waals surface area contributed by atoms with Crippen molar-refractivity contribution in [3.8, 4) is 5.75 Å². The minimum atomic E-state index is 0.576. The van der Waals surface area contributed by atoms with Gasteiger partial charge in [-0.2, -0.15) is 0 Å². The molecular weight excluding hydrogens is 236 g/mol. The SMILES string of the molecule is COc1ccccc1N1CCCNC(CC(C)C)C1. The van der Waals surface area contributed by atoms with E-state index in [0.29, 0.717) is 6.04 Å². The molecule has 0 aliphatic carbocycles. The highest BCUT2D eigenvalue weighted by Gasteiger charge is 2.20. The first-order valence-corrected chi connectivity index (χ1v) is 7.32. The van der Waals surface area contributed by atoms with Crippen LogP contribution in [-0.2, 0) is 0 Å². The van der Waals surface area contributed by atoms with Crippen LogP contribution in [-0.4, -0.2) is 32.8 Å². The number of ether oxygens (including phenoxy) is 1. The van der Waals surface area contributed by atoms with E-state index in [9.17, 15) is 0 Å². The number of hydrogen-bond donors (Lipinski definition) is 1. The van der Waals surface area contributed by atoms with Gasteiger partial charge >= 0.3 is 0 Å². The Kier molecular flexibility index (Phi) is 5.08. The highest BCUT2D eigenvalue weighted by atomic mass is 16.5. The molecule has 0 saturated carbocycles. The summed E-state index contributed by atoms with van der Waals surface area (Å²) in [4.78, 5) is 2.46. The second kappa shape index (κ2) is 6.80. The van der Waals surface area contributed by atoms with Gasteiger partial charge in [-0.25, -0.2) is 0 Å². The molecule has 1 N–H and O–H groups in total. The number of nitrogens with one attached hydrogen (secondary N) is 1. The molecule has 106 valence electrons. The summed E-state index contributed by atoms with van der Waals surface area (Å²) in [5.74, 6) is 1.71. The molecule has 19 heavy (non-hydrogen) atoms. The van der Waals surface area contributed by atoms with Crippen LogP contribution in [0.1, 0.15) is 26.7 Å². The van der Waals surface area contributed by atoms with Gasteiger partial charge in [-0.1, -0.05) is 26.0 Å². The number of nitrogens with zero attached hydrogens (tertiary/aromatic N) is 1. The number of para-hydroxylation sites is 2. The molecule has 1 atom stereocenters. The van der Waals surface area contributed by atoms with E-state index in [0.717, 1.165) is 31.3 Å². The number of methoxy groups -OCH3 is 1. The van der Waals surface area contributed by atoms with Gasteiger partial charge in [-0.15, -0.1) is 0 Å². The van der Waals surface area contributed by atoms with E-state index in [-0.39, 0.29) is 0 Å². The van der Waals surface area contributed by atoms with Crippen LogP contribution in [0.5, 0.6) is 5.75 Å². The van der Waals surface area contributed by atoms with Crippen LogP contribution in [0, 0.1) is 5.92 Å². The Bertz CT molecular complexity index is 392. The summed E-state index contributed by atoms with van der Waals surface area (Å²) in [6.07, 6.45) is 2.41. The molecule has 1 unspecified atom stereocenters. The standard InChI is InChI=1S/C16H26N2O/c1-13(2)11-14-12-18(10-6-9-17-14)15-7-4-5-8-16(15)19-3/h4-5,7-8,13-14,17H,6,9-12H2,1-3H3. The van der Waals surface area contributed by atoms with Gasteiger partial charge in [-0.3, -0.25) is 0 Å². The third-order valence-electron chi connectivity index (χ3n) is 3.66. The largest absolute Gasteiger partial charge is 0.495 e. The zero-order valence-corrected chi connectivity index (χ0v) is 12.4. The fourth-order valence-corrected chi connectivity index (χ4v) is 2.83. The maximum absolute atomic E-state index is 5.49.